The standard InChI is InChI=1S/C74H50N2/c1-6-22-51(23-7-1)53-24-20-33-60(48-53)75(61-45-47-63-62-34-16-17-36-66(62)73(69(63)50-61,55-25-8-2-9-26-55)56-27-10-3-11-28-56)59-43-40-52(41-44-59)54-42-46-64-65-35-21-39-71-72(65)74(68(64)49-54,57-29-12-4-13-30-57)67-37-18-19-38-70(67)76(71)58-31-14-5-15-32-58/h1-50H. The van der Waals surface area contributed by atoms with Gasteiger partial charge in [0, 0.05) is 28.3 Å². The molecule has 0 aromatic heterocycles. The zero-order valence-corrected chi connectivity index (χ0v) is 41.8. The fourth-order valence-electron chi connectivity index (χ4n) is 13.4. The summed E-state index contributed by atoms with van der Waals surface area (Å²) in [7, 11) is 0. The fraction of sp³-hybridized carbons (Fsp3) is 0.0270. The molecule has 0 bridgehead atoms. The minimum Gasteiger partial charge on any atom is -0.310 e. The van der Waals surface area contributed by atoms with Crippen molar-refractivity contribution in [1.82, 2.24) is 0 Å². The molecule has 0 radical (unpaired) electrons. The minimum absolute atomic E-state index is 0.532. The predicted molar refractivity (Wildman–Crippen MR) is 315 cm³/mol. The van der Waals surface area contributed by atoms with E-state index in [1.54, 1.807) is 0 Å². The molecular weight excluding hydrogens is 917 g/mol. The van der Waals surface area contributed by atoms with Gasteiger partial charge in [-0.2, -0.15) is 0 Å². The molecule has 12 aromatic carbocycles. The molecule has 0 N–H and O–H groups in total. The molecule has 2 nitrogen and oxygen atoms in total. The van der Waals surface area contributed by atoms with Gasteiger partial charge in [-0.15, -0.1) is 0 Å². The van der Waals surface area contributed by atoms with Gasteiger partial charge in [0.1, 0.15) is 0 Å². The Morgan fingerprint density at radius 2 is 0.697 bits per heavy atom. The second kappa shape index (κ2) is 17.4. The second-order valence-electron chi connectivity index (χ2n) is 20.3. The van der Waals surface area contributed by atoms with E-state index >= 15 is 0 Å². The summed E-state index contributed by atoms with van der Waals surface area (Å²) in [6.07, 6.45) is 0. The summed E-state index contributed by atoms with van der Waals surface area (Å²) < 4.78 is 0. The van der Waals surface area contributed by atoms with Crippen LogP contribution in [-0.4, -0.2) is 0 Å². The van der Waals surface area contributed by atoms with Crippen LogP contribution < -0.4 is 9.80 Å². The first-order chi connectivity index (χ1) is 37.7. The molecule has 1 aliphatic heterocycles. The molecule has 1 atom stereocenters. The van der Waals surface area contributed by atoms with Gasteiger partial charge in [-0.1, -0.05) is 237 Å². The first-order valence-corrected chi connectivity index (χ1v) is 26.4. The first kappa shape index (κ1) is 43.8. The normalized spacial score (nSPS) is 15.0. The zero-order chi connectivity index (χ0) is 50.2. The first-order valence-electron chi connectivity index (χ1n) is 26.4. The highest BCUT2D eigenvalue weighted by Gasteiger charge is 2.53. The third kappa shape index (κ3) is 6.41. The van der Waals surface area contributed by atoms with Gasteiger partial charge in [-0.3, -0.25) is 0 Å². The van der Waals surface area contributed by atoms with E-state index < -0.39 is 10.8 Å². The van der Waals surface area contributed by atoms with Crippen LogP contribution in [0.15, 0.2) is 303 Å². The lowest BCUT2D eigenvalue weighted by Crippen LogP contribution is -2.35. The lowest BCUT2D eigenvalue weighted by molar-refractivity contribution is 0.754. The van der Waals surface area contributed by atoms with Gasteiger partial charge in [-0.25, -0.2) is 0 Å². The van der Waals surface area contributed by atoms with Crippen molar-refractivity contribution in [2.75, 3.05) is 9.80 Å². The van der Waals surface area contributed by atoms with Crippen molar-refractivity contribution in [1.29, 1.82) is 0 Å². The number of hydrogen-bond donors (Lipinski definition) is 0. The van der Waals surface area contributed by atoms with E-state index in [1.165, 1.54) is 94.8 Å². The maximum atomic E-state index is 2.49. The molecule has 0 saturated carbocycles. The van der Waals surface area contributed by atoms with Gasteiger partial charge < -0.3 is 9.80 Å². The van der Waals surface area contributed by atoms with Gasteiger partial charge in [0.2, 0.25) is 0 Å². The average molecular weight is 967 g/mol. The van der Waals surface area contributed by atoms with Crippen molar-refractivity contribution in [2.24, 2.45) is 0 Å². The molecule has 1 unspecified atom stereocenters. The molecular formula is C74H50N2. The van der Waals surface area contributed by atoms with Gasteiger partial charge in [-0.05, 0) is 150 Å². The third-order valence-electron chi connectivity index (χ3n) is 16.5. The maximum absolute atomic E-state index is 2.49. The highest BCUT2D eigenvalue weighted by atomic mass is 15.2. The highest BCUT2D eigenvalue weighted by Crippen LogP contribution is 2.65. The Kier molecular flexibility index (Phi) is 10.0. The van der Waals surface area contributed by atoms with Crippen LogP contribution in [0.2, 0.25) is 0 Å². The summed E-state index contributed by atoms with van der Waals surface area (Å²) in [5.41, 5.74) is 25.8. The van der Waals surface area contributed by atoms with E-state index in [2.05, 4.69) is 313 Å². The van der Waals surface area contributed by atoms with Gasteiger partial charge in [0.15, 0.2) is 0 Å². The minimum atomic E-state index is -0.539. The van der Waals surface area contributed by atoms with Crippen molar-refractivity contribution >= 4 is 34.1 Å². The SMILES string of the molecule is c1ccc(-c2cccc(N(c3ccc(-c4ccc5c(c4)C4(c6ccccc6)c6ccccc6N(c6ccccc6)c6cccc-5c64)cc3)c3ccc4c(c3)C(c3ccccc3)(c3ccccc3)c3ccccc3-4)c2)cc1. The zero-order valence-electron chi connectivity index (χ0n) is 41.8. The van der Waals surface area contributed by atoms with Crippen LogP contribution in [0.3, 0.4) is 0 Å². The number of anilines is 6. The van der Waals surface area contributed by atoms with Gasteiger partial charge >= 0.3 is 0 Å². The lowest BCUT2D eigenvalue weighted by Gasteiger charge is -2.44. The molecule has 356 valence electrons. The van der Waals surface area contributed by atoms with E-state index in [1.807, 2.05) is 0 Å². The van der Waals surface area contributed by atoms with Crippen LogP contribution in [0.5, 0.6) is 0 Å². The quantitative estimate of drug-likeness (QED) is 0.142. The summed E-state index contributed by atoms with van der Waals surface area (Å²) >= 11 is 0. The number of rotatable bonds is 9. The number of para-hydroxylation sites is 2. The Morgan fingerprint density at radius 1 is 0.250 bits per heavy atom. The molecule has 2 aliphatic carbocycles. The molecule has 0 spiro atoms. The van der Waals surface area contributed by atoms with E-state index in [4.69, 9.17) is 0 Å². The largest absolute Gasteiger partial charge is 0.310 e. The molecule has 3 aliphatic rings. The van der Waals surface area contributed by atoms with Crippen LogP contribution in [0, 0.1) is 0 Å². The number of fused-ring (bicyclic) bond motifs is 8. The monoisotopic (exact) mass is 966 g/mol. The molecule has 12 aromatic rings. The fourth-order valence-corrected chi connectivity index (χ4v) is 13.4. The molecule has 0 amide bonds. The summed E-state index contributed by atoms with van der Waals surface area (Å²) in [5, 5.41) is 0. The lowest BCUT2D eigenvalue weighted by atomic mass is 9.64. The number of hydrogen-bond acceptors (Lipinski definition) is 2. The topological polar surface area (TPSA) is 6.48 Å². The Labute approximate surface area is 444 Å². The van der Waals surface area contributed by atoms with Crippen LogP contribution in [0.25, 0.3) is 44.5 Å². The second-order valence-corrected chi connectivity index (χ2v) is 20.3. The Balaban J connectivity index is 0.902. The van der Waals surface area contributed by atoms with Gasteiger partial charge in [0.05, 0.1) is 22.2 Å². The summed E-state index contributed by atoms with van der Waals surface area (Å²) in [6, 6.07) is 112. The van der Waals surface area contributed by atoms with Crippen LogP contribution in [-0.2, 0) is 10.8 Å². The van der Waals surface area contributed by atoms with E-state index in [9.17, 15) is 0 Å². The van der Waals surface area contributed by atoms with Crippen molar-refractivity contribution in [3.63, 3.8) is 0 Å². The van der Waals surface area contributed by atoms with E-state index in [-0.39, 0.29) is 0 Å². The number of nitrogens with zero attached hydrogens (tertiary/aromatic N) is 2. The molecule has 2 heteroatoms. The molecule has 15 rings (SSSR count). The van der Waals surface area contributed by atoms with Crippen LogP contribution >= 0.6 is 0 Å². The number of benzene rings is 12. The molecule has 76 heavy (non-hydrogen) atoms. The Bertz CT molecular complexity index is 4110. The van der Waals surface area contributed by atoms with Crippen LogP contribution in [0.1, 0.15) is 44.5 Å². The average Bonchev–Trinajstić information content (AvgIpc) is 4.20. The van der Waals surface area contributed by atoms with Crippen molar-refractivity contribution in [2.45, 2.75) is 10.8 Å². The molecule has 0 fully saturated rings. The van der Waals surface area contributed by atoms with E-state index in [0.29, 0.717) is 0 Å². The molecule has 0 saturated heterocycles. The smallest absolute Gasteiger partial charge is 0.0754 e. The van der Waals surface area contributed by atoms with E-state index in [0.717, 1.165) is 28.3 Å². The third-order valence-corrected chi connectivity index (χ3v) is 16.5. The summed E-state index contributed by atoms with van der Waals surface area (Å²) in [4.78, 5) is 4.91. The van der Waals surface area contributed by atoms with Crippen molar-refractivity contribution < 1.29 is 0 Å². The van der Waals surface area contributed by atoms with Crippen molar-refractivity contribution in [3.05, 3.63) is 348 Å². The highest BCUT2D eigenvalue weighted by molar-refractivity contribution is 6.00. The Morgan fingerprint density at radius 3 is 1.41 bits per heavy atom. The molecule has 1 heterocycles. The maximum Gasteiger partial charge on any atom is 0.0754 e. The van der Waals surface area contributed by atoms with Crippen molar-refractivity contribution in [3.8, 4) is 44.5 Å². The van der Waals surface area contributed by atoms with Crippen LogP contribution in [0.4, 0.5) is 34.1 Å². The Hall–Kier alpha value is -9.76. The predicted octanol–water partition coefficient (Wildman–Crippen LogP) is 19.0. The summed E-state index contributed by atoms with van der Waals surface area (Å²) in [5.74, 6) is 0. The summed E-state index contributed by atoms with van der Waals surface area (Å²) in [6.45, 7) is 0. The van der Waals surface area contributed by atoms with Gasteiger partial charge in [0.25, 0.3) is 0 Å².